The van der Waals surface area contributed by atoms with Crippen LogP contribution in [-0.4, -0.2) is 91.9 Å². The number of carboxylic acids is 4. The Morgan fingerprint density at radius 2 is 0.674 bits per heavy atom. The number of rotatable bonds is 30. The molecule has 264 valence electrons. The lowest BCUT2D eigenvalue weighted by Gasteiger charge is -2.17. The predicted octanol–water partition coefficient (Wildman–Crippen LogP) is 2.57. The first kappa shape index (κ1) is 42.2. The molecule has 0 fully saturated rings. The molecule has 0 aromatic rings. The number of hydrogen-bond donors (Lipinski definition) is 8. The molecule has 0 aliphatic heterocycles. The van der Waals surface area contributed by atoms with Crippen LogP contribution in [0, 0.1) is 0 Å². The van der Waals surface area contributed by atoms with Crippen LogP contribution in [0.1, 0.15) is 128 Å². The minimum absolute atomic E-state index is 0.147. The number of amides is 3. The molecule has 0 unspecified atom stereocenters. The first-order valence-electron chi connectivity index (χ1n) is 16.3. The molecule has 0 spiro atoms. The van der Waals surface area contributed by atoms with E-state index in [0.29, 0.717) is 6.42 Å². The van der Waals surface area contributed by atoms with E-state index in [4.69, 9.17) is 15.3 Å². The number of unbranched alkanes of at least 4 members (excludes halogenated alkanes) is 13. The van der Waals surface area contributed by atoms with Crippen LogP contribution in [-0.2, 0) is 33.6 Å². The molecular formula is C31H53N3O12. The third-order valence-electron chi connectivity index (χ3n) is 7.45. The highest BCUT2D eigenvalue weighted by Crippen LogP contribution is 2.14. The van der Waals surface area contributed by atoms with Gasteiger partial charge in [0.25, 0.3) is 0 Å². The summed E-state index contributed by atoms with van der Waals surface area (Å²) in [6.07, 6.45) is 13.4. The standard InChI is InChI=1S/C31H53N3O12/c35-21-24(31(45)46)34-27(38)20-18-23(30(43)44)33-26(37)19-17-22(29(41)42)32-25(36)15-13-11-9-7-5-3-1-2-4-6-8-10-12-14-16-28(39)40/h22-24,35H,1-21H2,(H,32,36)(H,33,37)(H,34,38)(H,39,40)(H,41,42)(H,43,44)(H,45,46)/t22-,23-,24-/m0/s1. The lowest BCUT2D eigenvalue weighted by Crippen LogP contribution is -2.45. The quantitative estimate of drug-likeness (QED) is 0.0518. The van der Waals surface area contributed by atoms with Crippen molar-refractivity contribution < 1.29 is 59.1 Å². The van der Waals surface area contributed by atoms with Crippen LogP contribution in [0.4, 0.5) is 0 Å². The third kappa shape index (κ3) is 23.6. The van der Waals surface area contributed by atoms with Gasteiger partial charge < -0.3 is 41.5 Å². The van der Waals surface area contributed by atoms with Gasteiger partial charge in [-0.3, -0.25) is 19.2 Å². The number of carbonyl (C=O) groups is 7. The van der Waals surface area contributed by atoms with Gasteiger partial charge >= 0.3 is 23.9 Å². The summed E-state index contributed by atoms with van der Waals surface area (Å²) in [4.78, 5) is 80.8. The highest BCUT2D eigenvalue weighted by atomic mass is 16.4. The lowest BCUT2D eigenvalue weighted by molar-refractivity contribution is -0.144. The van der Waals surface area contributed by atoms with Crippen molar-refractivity contribution >= 4 is 41.6 Å². The van der Waals surface area contributed by atoms with E-state index in [1.165, 1.54) is 25.7 Å². The van der Waals surface area contributed by atoms with Gasteiger partial charge in [0.05, 0.1) is 6.61 Å². The maximum Gasteiger partial charge on any atom is 0.328 e. The van der Waals surface area contributed by atoms with Gasteiger partial charge in [-0.1, -0.05) is 77.0 Å². The van der Waals surface area contributed by atoms with Crippen LogP contribution < -0.4 is 16.0 Å². The molecule has 0 bridgehead atoms. The van der Waals surface area contributed by atoms with Crippen LogP contribution in [0.25, 0.3) is 0 Å². The SMILES string of the molecule is O=C(O)CCCCCCCCCCCCCCCCC(=O)N[C@@H](CCC(=O)N[C@@H](CCC(=O)N[C@@H](CO)C(=O)O)C(=O)O)C(=O)O. The zero-order valence-corrected chi connectivity index (χ0v) is 26.7. The molecule has 8 N–H and O–H groups in total. The van der Waals surface area contributed by atoms with Gasteiger partial charge in [-0.15, -0.1) is 0 Å². The fourth-order valence-electron chi connectivity index (χ4n) is 4.73. The van der Waals surface area contributed by atoms with Gasteiger partial charge in [0.15, 0.2) is 0 Å². The number of aliphatic hydroxyl groups excluding tert-OH is 1. The minimum atomic E-state index is -1.55. The van der Waals surface area contributed by atoms with Crippen molar-refractivity contribution in [2.45, 2.75) is 147 Å². The van der Waals surface area contributed by atoms with E-state index in [-0.39, 0.29) is 25.7 Å². The lowest BCUT2D eigenvalue weighted by atomic mass is 10.0. The van der Waals surface area contributed by atoms with Crippen molar-refractivity contribution in [3.8, 4) is 0 Å². The molecule has 0 aromatic heterocycles. The van der Waals surface area contributed by atoms with Gasteiger partial charge in [-0.2, -0.15) is 0 Å². The van der Waals surface area contributed by atoms with Crippen molar-refractivity contribution in [1.82, 2.24) is 16.0 Å². The Morgan fingerprint density at radius 3 is 0.978 bits per heavy atom. The van der Waals surface area contributed by atoms with Gasteiger partial charge in [-0.25, -0.2) is 14.4 Å². The zero-order chi connectivity index (χ0) is 34.7. The molecule has 0 rings (SSSR count). The van der Waals surface area contributed by atoms with E-state index in [9.17, 15) is 43.8 Å². The summed E-state index contributed by atoms with van der Waals surface area (Å²) in [7, 11) is 0. The Hall–Kier alpha value is -3.75. The molecule has 0 radical (unpaired) electrons. The summed E-state index contributed by atoms with van der Waals surface area (Å²) < 4.78 is 0. The van der Waals surface area contributed by atoms with Crippen LogP contribution in [0.3, 0.4) is 0 Å². The second-order valence-corrected chi connectivity index (χ2v) is 11.5. The largest absolute Gasteiger partial charge is 0.481 e. The van der Waals surface area contributed by atoms with Crippen LogP contribution in [0.15, 0.2) is 0 Å². The second-order valence-electron chi connectivity index (χ2n) is 11.5. The van der Waals surface area contributed by atoms with Crippen molar-refractivity contribution in [3.05, 3.63) is 0 Å². The fraction of sp³-hybridized carbons (Fsp3) is 0.774. The minimum Gasteiger partial charge on any atom is -0.481 e. The first-order chi connectivity index (χ1) is 21.9. The highest BCUT2D eigenvalue weighted by Gasteiger charge is 2.25. The van der Waals surface area contributed by atoms with E-state index in [2.05, 4.69) is 10.6 Å². The monoisotopic (exact) mass is 659 g/mol. The highest BCUT2D eigenvalue weighted by molar-refractivity contribution is 5.87. The van der Waals surface area contributed by atoms with E-state index < -0.39 is 79.2 Å². The van der Waals surface area contributed by atoms with E-state index in [0.717, 1.165) is 57.8 Å². The third-order valence-corrected chi connectivity index (χ3v) is 7.45. The molecule has 0 heterocycles. The normalized spacial score (nSPS) is 12.8. The maximum atomic E-state index is 12.3. The summed E-state index contributed by atoms with van der Waals surface area (Å²) in [5.41, 5.74) is 0. The first-order valence-corrected chi connectivity index (χ1v) is 16.3. The van der Waals surface area contributed by atoms with Crippen molar-refractivity contribution in [1.29, 1.82) is 0 Å². The summed E-state index contributed by atoms with van der Waals surface area (Å²) in [6.45, 7) is -0.856. The molecule has 3 atom stereocenters. The molecule has 3 amide bonds. The molecule has 0 saturated carbocycles. The van der Waals surface area contributed by atoms with Gasteiger partial charge in [-0.05, 0) is 25.7 Å². The van der Waals surface area contributed by atoms with Crippen LogP contribution in [0.5, 0.6) is 0 Å². The second kappa shape index (κ2) is 26.5. The Balaban J connectivity index is 4.11. The summed E-state index contributed by atoms with van der Waals surface area (Å²) in [5.74, 6) is -7.06. The molecule has 0 aliphatic rings. The van der Waals surface area contributed by atoms with Crippen molar-refractivity contribution in [2.24, 2.45) is 0 Å². The summed E-state index contributed by atoms with van der Waals surface area (Å²) >= 11 is 0. The Kier molecular flexibility index (Phi) is 24.3. The Labute approximate surface area is 269 Å². The average molecular weight is 660 g/mol. The molecule has 0 aromatic carbocycles. The van der Waals surface area contributed by atoms with E-state index in [1.54, 1.807) is 0 Å². The van der Waals surface area contributed by atoms with Gasteiger partial charge in [0.2, 0.25) is 17.7 Å². The Bertz CT molecular complexity index is 959. The van der Waals surface area contributed by atoms with E-state index in [1.807, 2.05) is 5.32 Å². The van der Waals surface area contributed by atoms with E-state index >= 15 is 0 Å². The number of nitrogens with one attached hydrogen (secondary N) is 3. The summed E-state index contributed by atoms with van der Waals surface area (Å²) in [5, 5.41) is 51.8. The van der Waals surface area contributed by atoms with Gasteiger partial charge in [0.1, 0.15) is 18.1 Å². The summed E-state index contributed by atoms with van der Waals surface area (Å²) in [6, 6.07) is -4.38. The zero-order valence-electron chi connectivity index (χ0n) is 26.7. The number of carbonyl (C=O) groups excluding carboxylic acids is 3. The smallest absolute Gasteiger partial charge is 0.328 e. The average Bonchev–Trinajstić information content (AvgIpc) is 2.99. The molecule has 15 heteroatoms. The molecule has 46 heavy (non-hydrogen) atoms. The van der Waals surface area contributed by atoms with Crippen molar-refractivity contribution in [3.63, 3.8) is 0 Å². The predicted molar refractivity (Wildman–Crippen MR) is 166 cm³/mol. The van der Waals surface area contributed by atoms with Crippen LogP contribution >= 0.6 is 0 Å². The maximum absolute atomic E-state index is 12.3. The Morgan fingerprint density at radius 1 is 0.391 bits per heavy atom. The molecule has 15 nitrogen and oxygen atoms in total. The van der Waals surface area contributed by atoms with Gasteiger partial charge in [0, 0.05) is 25.7 Å². The van der Waals surface area contributed by atoms with Crippen LogP contribution in [0.2, 0.25) is 0 Å². The fourth-order valence-corrected chi connectivity index (χ4v) is 4.73. The number of aliphatic carboxylic acids is 4. The molecular weight excluding hydrogens is 606 g/mol. The number of hydrogen-bond acceptors (Lipinski definition) is 8. The topological polar surface area (TPSA) is 257 Å². The molecule has 0 aliphatic carbocycles. The van der Waals surface area contributed by atoms with Crippen molar-refractivity contribution in [2.75, 3.05) is 6.61 Å². The number of aliphatic hydroxyl groups is 1. The molecule has 0 saturated heterocycles. The number of carboxylic acid groups (broad SMARTS) is 4.